The summed E-state index contributed by atoms with van der Waals surface area (Å²) in [6.07, 6.45) is 0.612. The van der Waals surface area contributed by atoms with Gasteiger partial charge in [0, 0.05) is 18.0 Å². The van der Waals surface area contributed by atoms with Gasteiger partial charge in [0.25, 0.3) is 10.0 Å². The summed E-state index contributed by atoms with van der Waals surface area (Å²) in [7, 11) is -3.55. The van der Waals surface area contributed by atoms with Crippen molar-refractivity contribution in [3.8, 4) is 0 Å². The molecule has 18 heavy (non-hydrogen) atoms. The van der Waals surface area contributed by atoms with Crippen LogP contribution in [-0.2, 0) is 21.2 Å². The Morgan fingerprint density at radius 1 is 1.39 bits per heavy atom. The molecule has 0 aromatic carbocycles. The lowest BCUT2D eigenvalue weighted by molar-refractivity contribution is -0.137. The van der Waals surface area contributed by atoms with Crippen LogP contribution >= 0.6 is 11.3 Å². The SMILES string of the molecule is CCc1ccc(S(=O)(=O)N(CC)CCC(=O)O)s1. The number of aliphatic carboxylic acids is 1. The van der Waals surface area contributed by atoms with Gasteiger partial charge >= 0.3 is 5.97 Å². The Labute approximate surface area is 111 Å². The number of thiophene rings is 1. The maximum Gasteiger partial charge on any atom is 0.304 e. The van der Waals surface area contributed by atoms with Crippen molar-refractivity contribution in [2.45, 2.75) is 30.9 Å². The van der Waals surface area contributed by atoms with Crippen LogP contribution in [-0.4, -0.2) is 36.9 Å². The summed E-state index contributed by atoms with van der Waals surface area (Å²) in [6.45, 7) is 3.94. The first-order valence-electron chi connectivity index (χ1n) is 5.72. The molecule has 0 saturated carbocycles. The first-order chi connectivity index (χ1) is 8.41. The summed E-state index contributed by atoms with van der Waals surface area (Å²) in [5, 5.41) is 8.62. The maximum atomic E-state index is 12.2. The fourth-order valence-corrected chi connectivity index (χ4v) is 4.38. The molecular formula is C11H17NO4S2. The van der Waals surface area contributed by atoms with Crippen LogP contribution in [0.1, 0.15) is 25.1 Å². The molecule has 0 fully saturated rings. The lowest BCUT2D eigenvalue weighted by Gasteiger charge is -2.18. The molecule has 0 bridgehead atoms. The van der Waals surface area contributed by atoms with E-state index < -0.39 is 16.0 Å². The Morgan fingerprint density at radius 3 is 2.50 bits per heavy atom. The highest BCUT2D eigenvalue weighted by atomic mass is 32.2. The van der Waals surface area contributed by atoms with Gasteiger partial charge in [-0.15, -0.1) is 11.3 Å². The molecule has 0 aliphatic rings. The van der Waals surface area contributed by atoms with Gasteiger partial charge in [-0.1, -0.05) is 13.8 Å². The van der Waals surface area contributed by atoms with Gasteiger partial charge in [-0.2, -0.15) is 4.31 Å². The van der Waals surface area contributed by atoms with Crippen LogP contribution in [0, 0.1) is 0 Å². The Kier molecular flexibility index (Phi) is 5.30. The minimum Gasteiger partial charge on any atom is -0.481 e. The normalized spacial score (nSPS) is 11.9. The van der Waals surface area contributed by atoms with Crippen LogP contribution < -0.4 is 0 Å². The van der Waals surface area contributed by atoms with Crippen molar-refractivity contribution in [3.05, 3.63) is 17.0 Å². The molecular weight excluding hydrogens is 274 g/mol. The van der Waals surface area contributed by atoms with E-state index in [-0.39, 0.29) is 23.7 Å². The molecule has 7 heteroatoms. The van der Waals surface area contributed by atoms with Gasteiger partial charge in [-0.3, -0.25) is 4.79 Å². The van der Waals surface area contributed by atoms with Crippen LogP contribution in [0.25, 0.3) is 0 Å². The third-order valence-corrected chi connectivity index (χ3v) is 6.18. The molecule has 0 radical (unpaired) electrons. The topological polar surface area (TPSA) is 74.7 Å². The van der Waals surface area contributed by atoms with E-state index in [1.54, 1.807) is 19.1 Å². The average molecular weight is 291 g/mol. The van der Waals surface area contributed by atoms with E-state index in [1.807, 2.05) is 6.92 Å². The van der Waals surface area contributed by atoms with Crippen LogP contribution in [0.5, 0.6) is 0 Å². The molecule has 0 atom stereocenters. The van der Waals surface area contributed by atoms with Crippen molar-refractivity contribution >= 4 is 27.3 Å². The third kappa shape index (κ3) is 3.54. The Morgan fingerprint density at radius 2 is 2.06 bits per heavy atom. The second-order valence-corrected chi connectivity index (χ2v) is 7.05. The van der Waals surface area contributed by atoms with E-state index in [9.17, 15) is 13.2 Å². The number of carboxylic acid groups (broad SMARTS) is 1. The van der Waals surface area contributed by atoms with E-state index >= 15 is 0 Å². The van der Waals surface area contributed by atoms with Gasteiger partial charge in [-0.25, -0.2) is 8.42 Å². The Balaban J connectivity index is 2.91. The molecule has 1 rings (SSSR count). The zero-order valence-electron chi connectivity index (χ0n) is 10.4. The number of hydrogen-bond donors (Lipinski definition) is 1. The van der Waals surface area contributed by atoms with Gasteiger partial charge in [-0.05, 0) is 18.6 Å². The molecule has 1 aromatic rings. The van der Waals surface area contributed by atoms with E-state index in [0.717, 1.165) is 11.3 Å². The van der Waals surface area contributed by atoms with Crippen LogP contribution in [0.15, 0.2) is 16.3 Å². The number of hydrogen-bond acceptors (Lipinski definition) is 4. The van der Waals surface area contributed by atoms with Crippen molar-refractivity contribution < 1.29 is 18.3 Å². The molecule has 0 aliphatic heterocycles. The minimum atomic E-state index is -3.55. The summed E-state index contributed by atoms with van der Waals surface area (Å²) in [6, 6.07) is 3.38. The third-order valence-electron chi connectivity index (χ3n) is 2.51. The monoisotopic (exact) mass is 291 g/mol. The Hall–Kier alpha value is -0.920. The summed E-state index contributed by atoms with van der Waals surface area (Å²) >= 11 is 1.24. The number of rotatable bonds is 7. The minimum absolute atomic E-state index is 0.00747. The smallest absolute Gasteiger partial charge is 0.304 e. The van der Waals surface area contributed by atoms with Gasteiger partial charge in [0.1, 0.15) is 4.21 Å². The molecule has 1 heterocycles. The van der Waals surface area contributed by atoms with Crippen molar-refractivity contribution in [1.29, 1.82) is 0 Å². The average Bonchev–Trinajstić information content (AvgIpc) is 2.78. The summed E-state index contributed by atoms with van der Waals surface area (Å²) in [5.74, 6) is -0.996. The second kappa shape index (κ2) is 6.31. The molecule has 0 unspecified atom stereocenters. The molecule has 1 N–H and O–H groups in total. The van der Waals surface area contributed by atoms with Crippen LogP contribution in [0.4, 0.5) is 0 Å². The summed E-state index contributed by atoms with van der Waals surface area (Å²) in [4.78, 5) is 11.5. The zero-order chi connectivity index (χ0) is 13.8. The second-order valence-electron chi connectivity index (χ2n) is 3.71. The predicted octanol–water partition coefficient (Wildman–Crippen LogP) is 1.80. The lowest BCUT2D eigenvalue weighted by Crippen LogP contribution is -2.32. The number of carboxylic acids is 1. The fourth-order valence-electron chi connectivity index (χ4n) is 1.48. The zero-order valence-corrected chi connectivity index (χ0v) is 12.1. The predicted molar refractivity (Wildman–Crippen MR) is 70.4 cm³/mol. The highest BCUT2D eigenvalue weighted by Gasteiger charge is 2.25. The highest BCUT2D eigenvalue weighted by Crippen LogP contribution is 2.25. The van der Waals surface area contributed by atoms with Crippen molar-refractivity contribution in [2.75, 3.05) is 13.1 Å². The van der Waals surface area contributed by atoms with E-state index in [1.165, 1.54) is 15.6 Å². The largest absolute Gasteiger partial charge is 0.481 e. The van der Waals surface area contributed by atoms with Crippen LogP contribution in [0.3, 0.4) is 0 Å². The quantitative estimate of drug-likeness (QED) is 0.831. The number of sulfonamides is 1. The van der Waals surface area contributed by atoms with Crippen molar-refractivity contribution in [1.82, 2.24) is 4.31 Å². The number of carbonyl (C=O) groups is 1. The van der Waals surface area contributed by atoms with Gasteiger partial charge < -0.3 is 5.11 Å². The fraction of sp³-hybridized carbons (Fsp3) is 0.545. The van der Waals surface area contributed by atoms with Gasteiger partial charge in [0.15, 0.2) is 0 Å². The maximum absolute atomic E-state index is 12.2. The van der Waals surface area contributed by atoms with Crippen molar-refractivity contribution in [2.24, 2.45) is 0 Å². The molecule has 0 saturated heterocycles. The highest BCUT2D eigenvalue weighted by molar-refractivity contribution is 7.91. The van der Waals surface area contributed by atoms with E-state index in [0.29, 0.717) is 0 Å². The molecule has 0 spiro atoms. The van der Waals surface area contributed by atoms with Crippen molar-refractivity contribution in [3.63, 3.8) is 0 Å². The Bertz CT molecular complexity index is 507. The van der Waals surface area contributed by atoms with E-state index in [2.05, 4.69) is 0 Å². The molecule has 0 amide bonds. The number of aryl methyl sites for hydroxylation is 1. The summed E-state index contributed by atoms with van der Waals surface area (Å²) < 4.78 is 26.0. The molecule has 5 nitrogen and oxygen atoms in total. The standard InChI is InChI=1S/C11H17NO4S2/c1-3-9-5-6-11(17-9)18(15,16)12(4-2)8-7-10(13)14/h5-6H,3-4,7-8H2,1-2H3,(H,13,14). The molecule has 1 aromatic heterocycles. The van der Waals surface area contributed by atoms with Gasteiger partial charge in [0.05, 0.1) is 6.42 Å². The first kappa shape index (κ1) is 15.1. The van der Waals surface area contributed by atoms with Crippen LogP contribution in [0.2, 0.25) is 0 Å². The molecule has 0 aliphatic carbocycles. The first-order valence-corrected chi connectivity index (χ1v) is 7.98. The van der Waals surface area contributed by atoms with Gasteiger partial charge in [0.2, 0.25) is 0 Å². The number of nitrogens with zero attached hydrogens (tertiary/aromatic N) is 1. The molecule has 102 valence electrons. The summed E-state index contributed by atoms with van der Waals surface area (Å²) in [5.41, 5.74) is 0. The lowest BCUT2D eigenvalue weighted by atomic mass is 10.4. The van der Waals surface area contributed by atoms with E-state index in [4.69, 9.17) is 5.11 Å².